The van der Waals surface area contributed by atoms with Crippen molar-refractivity contribution in [3.8, 4) is 0 Å². The van der Waals surface area contributed by atoms with Crippen LogP contribution in [0, 0.1) is 0 Å². The molecule has 0 aliphatic carbocycles. The second-order valence-electron chi connectivity index (χ2n) is 3.48. The molecule has 16 heavy (non-hydrogen) atoms. The second-order valence-corrected chi connectivity index (χ2v) is 5.09. The molecular weight excluding hydrogens is 288 g/mol. The van der Waals surface area contributed by atoms with Crippen LogP contribution in [0.2, 0.25) is 0 Å². The van der Waals surface area contributed by atoms with Gasteiger partial charge in [0.2, 0.25) is 0 Å². The standard InChI is InChI=1S/C12H7BrO2S/c13-6-7-5-10(14)15-11-8-3-1-2-4-9(8)16-12(7)11/h1-5H,6H2. The number of alkyl halides is 1. The molecule has 0 radical (unpaired) electrons. The minimum atomic E-state index is -0.287. The summed E-state index contributed by atoms with van der Waals surface area (Å²) in [6, 6.07) is 9.51. The van der Waals surface area contributed by atoms with Crippen LogP contribution < -0.4 is 5.63 Å². The third-order valence-electron chi connectivity index (χ3n) is 2.48. The maximum Gasteiger partial charge on any atom is 0.336 e. The summed E-state index contributed by atoms with van der Waals surface area (Å²) in [5, 5.41) is 1.68. The number of halogens is 1. The van der Waals surface area contributed by atoms with Gasteiger partial charge in [-0.3, -0.25) is 0 Å². The largest absolute Gasteiger partial charge is 0.421 e. The Bertz CT molecular complexity index is 727. The van der Waals surface area contributed by atoms with E-state index in [9.17, 15) is 4.79 Å². The van der Waals surface area contributed by atoms with Gasteiger partial charge >= 0.3 is 5.63 Å². The van der Waals surface area contributed by atoms with E-state index in [0.29, 0.717) is 10.9 Å². The third-order valence-corrected chi connectivity index (χ3v) is 4.31. The molecule has 80 valence electrons. The van der Waals surface area contributed by atoms with Crippen LogP contribution in [0.1, 0.15) is 5.56 Å². The minimum absolute atomic E-state index is 0.287. The number of hydrogen-bond acceptors (Lipinski definition) is 3. The van der Waals surface area contributed by atoms with Gasteiger partial charge in [-0.1, -0.05) is 28.1 Å². The smallest absolute Gasteiger partial charge is 0.336 e. The third kappa shape index (κ3) is 1.41. The first-order chi connectivity index (χ1) is 7.79. The number of fused-ring (bicyclic) bond motifs is 3. The highest BCUT2D eigenvalue weighted by atomic mass is 79.9. The first kappa shape index (κ1) is 10.1. The second kappa shape index (κ2) is 3.71. The van der Waals surface area contributed by atoms with Gasteiger partial charge in [-0.15, -0.1) is 11.3 Å². The molecule has 1 aromatic carbocycles. The molecule has 0 fully saturated rings. The highest BCUT2D eigenvalue weighted by Crippen LogP contribution is 2.35. The molecule has 0 unspecified atom stereocenters. The van der Waals surface area contributed by atoms with Crippen molar-refractivity contribution in [2.24, 2.45) is 0 Å². The number of hydrogen-bond donors (Lipinski definition) is 0. The molecule has 0 saturated heterocycles. The fourth-order valence-electron chi connectivity index (χ4n) is 1.77. The van der Waals surface area contributed by atoms with E-state index in [-0.39, 0.29) is 5.63 Å². The Morgan fingerprint density at radius 3 is 2.94 bits per heavy atom. The average Bonchev–Trinajstić information content (AvgIpc) is 2.67. The molecule has 0 N–H and O–H groups in total. The normalized spacial score (nSPS) is 11.3. The van der Waals surface area contributed by atoms with E-state index in [2.05, 4.69) is 15.9 Å². The Balaban J connectivity index is 2.59. The van der Waals surface area contributed by atoms with Crippen LogP contribution in [0.25, 0.3) is 20.4 Å². The molecule has 2 nitrogen and oxygen atoms in total. The van der Waals surface area contributed by atoms with Crippen molar-refractivity contribution in [3.05, 3.63) is 46.3 Å². The van der Waals surface area contributed by atoms with Gasteiger partial charge < -0.3 is 4.42 Å². The SMILES string of the molecule is O=c1cc(CBr)c2sc3ccccc3c2o1. The summed E-state index contributed by atoms with van der Waals surface area (Å²) in [7, 11) is 0. The molecule has 0 atom stereocenters. The summed E-state index contributed by atoms with van der Waals surface area (Å²) in [4.78, 5) is 11.4. The molecule has 3 aromatic rings. The van der Waals surface area contributed by atoms with Gasteiger partial charge in [-0.2, -0.15) is 0 Å². The molecule has 2 aromatic heterocycles. The van der Waals surface area contributed by atoms with E-state index < -0.39 is 0 Å². The summed E-state index contributed by atoms with van der Waals surface area (Å²) in [6.45, 7) is 0. The van der Waals surface area contributed by atoms with Crippen LogP contribution in [0.15, 0.2) is 39.5 Å². The maximum absolute atomic E-state index is 11.4. The fraction of sp³-hybridized carbons (Fsp3) is 0.0833. The van der Waals surface area contributed by atoms with Crippen LogP contribution in [0.4, 0.5) is 0 Å². The zero-order chi connectivity index (χ0) is 11.1. The molecule has 0 spiro atoms. The Kier molecular flexibility index (Phi) is 2.33. The van der Waals surface area contributed by atoms with Gasteiger partial charge in [0.25, 0.3) is 0 Å². The fourth-order valence-corrected chi connectivity index (χ4v) is 3.54. The Morgan fingerprint density at radius 2 is 2.12 bits per heavy atom. The van der Waals surface area contributed by atoms with Gasteiger partial charge in [0.05, 0.1) is 4.70 Å². The monoisotopic (exact) mass is 294 g/mol. The minimum Gasteiger partial charge on any atom is -0.421 e. The topological polar surface area (TPSA) is 30.2 Å². The lowest BCUT2D eigenvalue weighted by Gasteiger charge is -1.95. The van der Waals surface area contributed by atoms with Gasteiger partial charge in [0.1, 0.15) is 0 Å². The van der Waals surface area contributed by atoms with Crippen LogP contribution in [0.5, 0.6) is 0 Å². The molecule has 0 aliphatic heterocycles. The van der Waals surface area contributed by atoms with Gasteiger partial charge in [-0.25, -0.2) is 4.79 Å². The van der Waals surface area contributed by atoms with Crippen molar-refractivity contribution < 1.29 is 4.42 Å². The molecule has 2 heterocycles. The lowest BCUT2D eigenvalue weighted by molar-refractivity contribution is 0.564. The van der Waals surface area contributed by atoms with E-state index in [1.165, 1.54) is 0 Å². The van der Waals surface area contributed by atoms with Crippen molar-refractivity contribution in [1.82, 2.24) is 0 Å². The van der Waals surface area contributed by atoms with Crippen molar-refractivity contribution in [2.45, 2.75) is 5.33 Å². The average molecular weight is 295 g/mol. The van der Waals surface area contributed by atoms with E-state index in [1.54, 1.807) is 17.4 Å². The Morgan fingerprint density at radius 1 is 1.31 bits per heavy atom. The maximum atomic E-state index is 11.4. The molecule has 0 amide bonds. The van der Waals surface area contributed by atoms with Crippen LogP contribution in [0.3, 0.4) is 0 Å². The summed E-state index contributed by atoms with van der Waals surface area (Å²) in [5.41, 5.74) is 1.42. The number of thiophene rings is 1. The molecule has 0 aliphatic rings. The number of benzene rings is 1. The van der Waals surface area contributed by atoms with E-state index >= 15 is 0 Å². The van der Waals surface area contributed by atoms with E-state index in [1.807, 2.05) is 24.3 Å². The van der Waals surface area contributed by atoms with Crippen molar-refractivity contribution >= 4 is 47.6 Å². The zero-order valence-electron chi connectivity index (χ0n) is 8.20. The number of rotatable bonds is 1. The highest BCUT2D eigenvalue weighted by molar-refractivity contribution is 9.08. The van der Waals surface area contributed by atoms with Crippen LogP contribution >= 0.6 is 27.3 Å². The Labute approximate surface area is 104 Å². The summed E-state index contributed by atoms with van der Waals surface area (Å²) >= 11 is 5.06. The molecule has 4 heteroatoms. The molecule has 0 saturated carbocycles. The van der Waals surface area contributed by atoms with Crippen molar-refractivity contribution in [3.63, 3.8) is 0 Å². The quantitative estimate of drug-likeness (QED) is 0.637. The van der Waals surface area contributed by atoms with Crippen LogP contribution in [-0.2, 0) is 5.33 Å². The summed E-state index contributed by atoms with van der Waals surface area (Å²) in [6.07, 6.45) is 0. The van der Waals surface area contributed by atoms with Crippen LogP contribution in [-0.4, -0.2) is 0 Å². The first-order valence-corrected chi connectivity index (χ1v) is 6.73. The zero-order valence-corrected chi connectivity index (χ0v) is 10.6. The Hall–Kier alpha value is -1.13. The molecular formula is C12H7BrO2S. The lowest BCUT2D eigenvalue weighted by Crippen LogP contribution is -1.97. The predicted octanol–water partition coefficient (Wildman–Crippen LogP) is 3.90. The van der Waals surface area contributed by atoms with Gasteiger partial charge in [0, 0.05) is 21.5 Å². The predicted molar refractivity (Wildman–Crippen MR) is 70.5 cm³/mol. The van der Waals surface area contributed by atoms with Gasteiger partial charge in [-0.05, 0) is 17.7 Å². The van der Waals surface area contributed by atoms with Crippen molar-refractivity contribution in [1.29, 1.82) is 0 Å². The molecule has 3 rings (SSSR count). The lowest BCUT2D eigenvalue weighted by atomic mass is 10.2. The molecule has 0 bridgehead atoms. The van der Waals surface area contributed by atoms with E-state index in [4.69, 9.17) is 4.42 Å². The summed E-state index contributed by atoms with van der Waals surface area (Å²) < 4.78 is 7.49. The first-order valence-electron chi connectivity index (χ1n) is 4.80. The highest BCUT2D eigenvalue weighted by Gasteiger charge is 2.11. The van der Waals surface area contributed by atoms with E-state index in [0.717, 1.165) is 20.3 Å². The van der Waals surface area contributed by atoms with Crippen molar-refractivity contribution in [2.75, 3.05) is 0 Å². The van der Waals surface area contributed by atoms with Gasteiger partial charge in [0.15, 0.2) is 5.58 Å². The summed E-state index contributed by atoms with van der Waals surface area (Å²) in [5.74, 6) is 0.